The highest BCUT2D eigenvalue weighted by Crippen LogP contribution is 2.52. The van der Waals surface area contributed by atoms with Crippen LogP contribution in [0.2, 0.25) is 0 Å². The minimum Gasteiger partial charge on any atom is -0.492 e. The smallest absolute Gasteiger partial charge is 0.293 e. The third-order valence-electron chi connectivity index (χ3n) is 5.93. The molecule has 5 rings (SSSR count). The largest absolute Gasteiger partial charge is 0.492 e. The first-order chi connectivity index (χ1) is 18.5. The van der Waals surface area contributed by atoms with Crippen LogP contribution in [0.4, 0.5) is 4.39 Å². The lowest BCUT2D eigenvalue weighted by molar-refractivity contribution is 0.0852. The van der Waals surface area contributed by atoms with Gasteiger partial charge in [0.2, 0.25) is 18.3 Å². The Morgan fingerprint density at radius 1 is 1.21 bits per heavy atom. The van der Waals surface area contributed by atoms with Crippen molar-refractivity contribution < 1.29 is 42.6 Å². The molecule has 3 heterocycles. The van der Waals surface area contributed by atoms with Crippen molar-refractivity contribution in [2.45, 2.75) is 25.6 Å². The van der Waals surface area contributed by atoms with E-state index in [0.29, 0.717) is 52.7 Å². The first-order valence-corrected chi connectivity index (χ1v) is 11.5. The predicted octanol–water partition coefficient (Wildman–Crippen LogP) is 2.55. The molecule has 0 radical (unpaired) electrons. The highest BCUT2D eigenvalue weighted by Gasteiger charge is 2.34. The number of rotatable bonds is 9. The lowest BCUT2D eigenvalue weighted by Crippen LogP contribution is -2.19. The molecule has 2 aromatic carbocycles. The van der Waals surface area contributed by atoms with Gasteiger partial charge in [-0.2, -0.15) is 5.10 Å². The predicted molar refractivity (Wildman–Crippen MR) is 129 cm³/mol. The summed E-state index contributed by atoms with van der Waals surface area (Å²) in [5.74, 6) is 0.590. The van der Waals surface area contributed by atoms with E-state index in [1.54, 1.807) is 12.1 Å². The van der Waals surface area contributed by atoms with Crippen LogP contribution < -0.4 is 24.4 Å². The molecule has 0 aliphatic carbocycles. The molecule has 198 valence electrons. The number of hydrogen-bond acceptors (Lipinski definition) is 11. The van der Waals surface area contributed by atoms with Crippen molar-refractivity contribution in [1.82, 2.24) is 10.6 Å². The Labute approximate surface area is 215 Å². The molecule has 2 aliphatic rings. The lowest BCUT2D eigenvalue weighted by Gasteiger charge is -2.19. The number of benzene rings is 2. The summed E-state index contributed by atoms with van der Waals surface area (Å²) in [6.45, 7) is -0.424. The molecular weight excluding hydrogens is 503 g/mol. The number of fused-ring (bicyclic) bond motifs is 1. The zero-order valence-electron chi connectivity index (χ0n) is 20.4. The highest BCUT2D eigenvalue weighted by atomic mass is 19.1. The fourth-order valence-corrected chi connectivity index (χ4v) is 4.18. The molecule has 0 saturated carbocycles. The molecule has 2 N–H and O–H groups in total. The Hall–Kier alpha value is -4.65. The molecular formula is C25H23FN4O8. The number of oxime groups is 1. The van der Waals surface area contributed by atoms with Crippen LogP contribution in [0.25, 0.3) is 0 Å². The van der Waals surface area contributed by atoms with E-state index in [-0.39, 0.29) is 30.2 Å². The highest BCUT2D eigenvalue weighted by molar-refractivity contribution is 6.01. The summed E-state index contributed by atoms with van der Waals surface area (Å²) in [5, 5.41) is 20.9. The van der Waals surface area contributed by atoms with Crippen LogP contribution in [-0.2, 0) is 17.9 Å². The summed E-state index contributed by atoms with van der Waals surface area (Å²) in [7, 11) is 2.96. The van der Waals surface area contributed by atoms with Crippen molar-refractivity contribution in [3.63, 3.8) is 0 Å². The molecule has 1 atom stereocenters. The molecule has 0 spiro atoms. The lowest BCUT2D eigenvalue weighted by atomic mass is 9.95. The zero-order valence-corrected chi connectivity index (χ0v) is 20.4. The SMILES string of the molecule is COc1c(C=NNC(=O)c2cc(CO)on2)c(CC2CC(c3ccc(F)cc3)=NO2)c(OC)c2c1OCO2. The third-order valence-corrected chi connectivity index (χ3v) is 5.93. The Morgan fingerprint density at radius 3 is 2.63 bits per heavy atom. The van der Waals surface area contributed by atoms with Crippen molar-refractivity contribution in [3.8, 4) is 23.0 Å². The van der Waals surface area contributed by atoms with E-state index < -0.39 is 12.5 Å². The normalized spacial score (nSPS) is 15.9. The Balaban J connectivity index is 1.43. The van der Waals surface area contributed by atoms with Gasteiger partial charge in [0.05, 0.1) is 26.1 Å². The van der Waals surface area contributed by atoms with Gasteiger partial charge in [0.25, 0.3) is 5.91 Å². The average Bonchev–Trinajstić information content (AvgIpc) is 3.70. The first-order valence-electron chi connectivity index (χ1n) is 11.5. The van der Waals surface area contributed by atoms with E-state index in [4.69, 9.17) is 33.4 Å². The quantitative estimate of drug-likeness (QED) is 0.317. The monoisotopic (exact) mass is 526 g/mol. The van der Waals surface area contributed by atoms with Gasteiger partial charge in [-0.15, -0.1) is 0 Å². The second-order valence-electron chi connectivity index (χ2n) is 8.24. The van der Waals surface area contributed by atoms with Gasteiger partial charge in [-0.25, -0.2) is 9.82 Å². The summed E-state index contributed by atoms with van der Waals surface area (Å²) in [5.41, 5.74) is 4.84. The van der Waals surface area contributed by atoms with Crippen LogP contribution in [-0.4, -0.2) is 55.2 Å². The third kappa shape index (κ3) is 4.83. The van der Waals surface area contributed by atoms with Crippen LogP contribution in [0, 0.1) is 5.82 Å². The van der Waals surface area contributed by atoms with Crippen molar-refractivity contribution in [1.29, 1.82) is 0 Å². The number of aliphatic hydroxyl groups excluding tert-OH is 1. The number of methoxy groups -OCH3 is 2. The molecule has 2 aliphatic heterocycles. The molecule has 1 amide bonds. The van der Waals surface area contributed by atoms with Gasteiger partial charge in [-0.3, -0.25) is 4.79 Å². The number of carbonyl (C=O) groups excluding carboxylic acids is 1. The van der Waals surface area contributed by atoms with Gasteiger partial charge in [-0.1, -0.05) is 22.4 Å². The molecule has 0 saturated heterocycles. The van der Waals surface area contributed by atoms with Gasteiger partial charge in [-0.05, 0) is 17.7 Å². The summed E-state index contributed by atoms with van der Waals surface area (Å²) in [6.07, 6.45) is 1.77. The molecule has 1 unspecified atom stereocenters. The van der Waals surface area contributed by atoms with E-state index in [0.717, 1.165) is 5.56 Å². The number of nitrogens with one attached hydrogen (secondary N) is 1. The number of aromatic nitrogens is 1. The molecule has 13 heteroatoms. The van der Waals surface area contributed by atoms with Crippen LogP contribution in [0.3, 0.4) is 0 Å². The summed E-state index contributed by atoms with van der Waals surface area (Å²) in [4.78, 5) is 18.1. The minimum absolute atomic E-state index is 0.0318. The van der Waals surface area contributed by atoms with Crippen LogP contribution in [0.15, 0.2) is 45.1 Å². The maximum Gasteiger partial charge on any atom is 0.293 e. The maximum absolute atomic E-state index is 13.3. The molecule has 38 heavy (non-hydrogen) atoms. The van der Waals surface area contributed by atoms with E-state index in [9.17, 15) is 9.18 Å². The number of nitrogens with zero attached hydrogens (tertiary/aromatic N) is 3. The summed E-state index contributed by atoms with van der Waals surface area (Å²) >= 11 is 0. The Bertz CT molecular complexity index is 1400. The topological polar surface area (TPSA) is 146 Å². The minimum atomic E-state index is -0.644. The van der Waals surface area contributed by atoms with E-state index in [1.807, 2.05) is 0 Å². The van der Waals surface area contributed by atoms with E-state index >= 15 is 0 Å². The van der Waals surface area contributed by atoms with Gasteiger partial charge < -0.3 is 33.4 Å². The maximum atomic E-state index is 13.3. The second-order valence-corrected chi connectivity index (χ2v) is 8.24. The van der Waals surface area contributed by atoms with Crippen LogP contribution in [0.1, 0.15) is 39.4 Å². The zero-order chi connectivity index (χ0) is 26.6. The van der Waals surface area contributed by atoms with E-state index in [2.05, 4.69) is 20.8 Å². The standard InChI is InChI=1S/C25H23FN4O8/c1-33-21-17(7-15-8-19(29-37-15)13-3-5-14(26)6-4-13)18(22(34-2)24-23(21)35-12-36-24)10-27-28-25(32)20-9-16(11-31)38-30-20/h3-6,9-10,15,31H,7-8,11-12H2,1-2H3,(H,28,32). The number of aliphatic hydroxyl groups is 1. The van der Waals surface area contributed by atoms with Crippen molar-refractivity contribution in [2.75, 3.05) is 21.0 Å². The molecule has 1 aromatic heterocycles. The Morgan fingerprint density at radius 2 is 1.95 bits per heavy atom. The Kier molecular flexibility index (Phi) is 7.09. The summed E-state index contributed by atoms with van der Waals surface area (Å²) in [6, 6.07) is 7.32. The van der Waals surface area contributed by atoms with E-state index in [1.165, 1.54) is 38.6 Å². The number of halogens is 1. The van der Waals surface area contributed by atoms with Crippen molar-refractivity contribution >= 4 is 17.8 Å². The van der Waals surface area contributed by atoms with Crippen LogP contribution in [0.5, 0.6) is 23.0 Å². The number of amides is 1. The number of hydrazone groups is 1. The molecule has 0 bridgehead atoms. The summed E-state index contributed by atoms with van der Waals surface area (Å²) < 4.78 is 40.8. The second kappa shape index (κ2) is 10.8. The van der Waals surface area contributed by atoms with Gasteiger partial charge in [0.1, 0.15) is 18.5 Å². The molecule has 3 aromatic rings. The fraction of sp³-hybridized carbons (Fsp3) is 0.280. The number of hydrogen-bond donors (Lipinski definition) is 2. The fourth-order valence-electron chi connectivity index (χ4n) is 4.18. The molecule has 0 fully saturated rings. The number of ether oxygens (including phenoxy) is 4. The first kappa shape index (κ1) is 25.0. The average molecular weight is 526 g/mol. The van der Waals surface area contributed by atoms with Crippen molar-refractivity contribution in [2.24, 2.45) is 10.3 Å². The number of carbonyl (C=O) groups is 1. The van der Waals surface area contributed by atoms with Gasteiger partial charge in [0, 0.05) is 30.0 Å². The molecule has 12 nitrogen and oxygen atoms in total. The van der Waals surface area contributed by atoms with Gasteiger partial charge >= 0.3 is 0 Å². The van der Waals surface area contributed by atoms with Crippen molar-refractivity contribution in [3.05, 3.63) is 64.3 Å². The van der Waals surface area contributed by atoms with Gasteiger partial charge in [0.15, 0.2) is 23.0 Å². The van der Waals surface area contributed by atoms with Crippen LogP contribution >= 0.6 is 0 Å².